The number of hydrazine groups is 1. The lowest BCUT2D eigenvalue weighted by Crippen LogP contribution is -2.42. The number of ether oxygens (including phenoxy) is 1. The second kappa shape index (κ2) is 7.97. The lowest BCUT2D eigenvalue weighted by Gasteiger charge is -2.31. The molecule has 0 atom stereocenters. The van der Waals surface area contributed by atoms with Gasteiger partial charge in [0.05, 0.1) is 0 Å². The summed E-state index contributed by atoms with van der Waals surface area (Å²) in [5.74, 6) is 5.55. The Hall–Kier alpha value is -1.63. The maximum absolute atomic E-state index is 11.3. The van der Waals surface area contributed by atoms with E-state index in [1.807, 2.05) is 0 Å². The highest BCUT2D eigenvalue weighted by atomic mass is 16.5. The average molecular weight is 292 g/mol. The predicted molar refractivity (Wildman–Crippen MR) is 82.1 cm³/mol. The zero-order chi connectivity index (χ0) is 15.1. The van der Waals surface area contributed by atoms with Crippen molar-refractivity contribution in [1.29, 1.82) is 0 Å². The number of nitrogens with two attached hydrogens (primary N) is 1. The van der Waals surface area contributed by atoms with Gasteiger partial charge in [-0.25, -0.2) is 5.84 Å². The highest BCUT2D eigenvalue weighted by Gasteiger charge is 2.17. The summed E-state index contributed by atoms with van der Waals surface area (Å²) in [5, 5.41) is 3.37. The Balaban J connectivity index is 1.73. The van der Waals surface area contributed by atoms with Crippen LogP contribution in [0.25, 0.3) is 0 Å². The molecule has 1 aliphatic heterocycles. The summed E-state index contributed by atoms with van der Waals surface area (Å²) in [4.78, 5) is 13.7. The average Bonchev–Trinajstić information content (AvgIpc) is 2.55. The van der Waals surface area contributed by atoms with Crippen molar-refractivity contribution >= 4 is 5.91 Å². The number of piperidine rings is 1. The van der Waals surface area contributed by atoms with Crippen molar-refractivity contribution < 1.29 is 9.53 Å². The monoisotopic (exact) mass is 292 g/mol. The number of carbonyl (C=O) groups excluding carboxylic acids is 1. The summed E-state index contributed by atoms with van der Waals surface area (Å²) in [7, 11) is 2.15. The Morgan fingerprint density at radius 2 is 2.05 bits per heavy atom. The SMILES string of the molecule is CN(CCOc1ccc(C(=O)NN)cc1)C1CCNCC1. The summed E-state index contributed by atoms with van der Waals surface area (Å²) >= 11 is 0. The number of hydrogen-bond acceptors (Lipinski definition) is 5. The van der Waals surface area contributed by atoms with Crippen LogP contribution < -0.4 is 21.3 Å². The number of amides is 1. The van der Waals surface area contributed by atoms with Crippen molar-refractivity contribution in [1.82, 2.24) is 15.6 Å². The van der Waals surface area contributed by atoms with E-state index in [1.165, 1.54) is 12.8 Å². The van der Waals surface area contributed by atoms with Gasteiger partial charge in [0.25, 0.3) is 5.91 Å². The van der Waals surface area contributed by atoms with Crippen LogP contribution in [-0.4, -0.2) is 50.1 Å². The molecule has 1 aromatic rings. The molecule has 1 aliphatic rings. The molecule has 1 aromatic carbocycles. The Bertz CT molecular complexity index is 443. The number of rotatable bonds is 6. The van der Waals surface area contributed by atoms with Crippen molar-refractivity contribution in [2.75, 3.05) is 33.3 Å². The number of nitrogens with one attached hydrogen (secondary N) is 2. The molecule has 116 valence electrons. The molecule has 0 bridgehead atoms. The third-order valence-corrected chi connectivity index (χ3v) is 3.89. The van der Waals surface area contributed by atoms with Gasteiger partial charge in [-0.15, -0.1) is 0 Å². The van der Waals surface area contributed by atoms with Gasteiger partial charge in [-0.05, 0) is 57.2 Å². The molecule has 0 aliphatic carbocycles. The highest BCUT2D eigenvalue weighted by molar-refractivity contribution is 5.93. The van der Waals surface area contributed by atoms with Crippen LogP contribution in [0, 0.1) is 0 Å². The molecule has 1 amide bonds. The van der Waals surface area contributed by atoms with Crippen LogP contribution >= 0.6 is 0 Å². The lowest BCUT2D eigenvalue weighted by molar-refractivity contribution is 0.0953. The highest BCUT2D eigenvalue weighted by Crippen LogP contribution is 2.13. The van der Waals surface area contributed by atoms with Gasteiger partial charge in [-0.1, -0.05) is 0 Å². The first-order valence-electron chi connectivity index (χ1n) is 7.35. The van der Waals surface area contributed by atoms with Crippen LogP contribution in [0.3, 0.4) is 0 Å². The molecule has 1 heterocycles. The van der Waals surface area contributed by atoms with Gasteiger partial charge in [-0.3, -0.25) is 15.1 Å². The second-order valence-corrected chi connectivity index (χ2v) is 5.31. The van der Waals surface area contributed by atoms with Gasteiger partial charge in [0.1, 0.15) is 12.4 Å². The molecule has 0 aromatic heterocycles. The van der Waals surface area contributed by atoms with Crippen LogP contribution in [0.5, 0.6) is 5.75 Å². The number of hydrogen-bond donors (Lipinski definition) is 3. The number of carbonyl (C=O) groups is 1. The van der Waals surface area contributed by atoms with E-state index in [4.69, 9.17) is 10.6 Å². The maximum Gasteiger partial charge on any atom is 0.265 e. The van der Waals surface area contributed by atoms with Crippen molar-refractivity contribution in [3.05, 3.63) is 29.8 Å². The fourth-order valence-electron chi connectivity index (χ4n) is 2.52. The minimum Gasteiger partial charge on any atom is -0.492 e. The second-order valence-electron chi connectivity index (χ2n) is 5.31. The topological polar surface area (TPSA) is 79.6 Å². The molecule has 0 saturated carbocycles. The smallest absolute Gasteiger partial charge is 0.265 e. The van der Waals surface area contributed by atoms with Gasteiger partial charge in [0, 0.05) is 18.2 Å². The van der Waals surface area contributed by atoms with Gasteiger partial charge in [0.15, 0.2) is 0 Å². The predicted octanol–water partition coefficient (Wildman–Crippen LogP) is 0.353. The number of nitrogen functional groups attached to an aromatic ring is 1. The van der Waals surface area contributed by atoms with Crippen molar-refractivity contribution in [3.8, 4) is 5.75 Å². The molecule has 0 radical (unpaired) electrons. The standard InChI is InChI=1S/C15H24N4O2/c1-19(13-6-8-17-9-7-13)10-11-21-14-4-2-12(3-5-14)15(20)18-16/h2-5,13,17H,6-11,16H2,1H3,(H,18,20). The van der Waals surface area contributed by atoms with E-state index < -0.39 is 0 Å². The molecule has 1 fully saturated rings. The first kappa shape index (κ1) is 15.8. The zero-order valence-corrected chi connectivity index (χ0v) is 12.5. The van der Waals surface area contributed by atoms with E-state index in [9.17, 15) is 4.79 Å². The fraction of sp³-hybridized carbons (Fsp3) is 0.533. The maximum atomic E-state index is 11.3. The summed E-state index contributed by atoms with van der Waals surface area (Å²) in [6, 6.07) is 7.62. The number of benzene rings is 1. The number of nitrogens with zero attached hydrogens (tertiary/aromatic N) is 1. The molecule has 0 unspecified atom stereocenters. The molecule has 21 heavy (non-hydrogen) atoms. The van der Waals surface area contributed by atoms with E-state index in [0.717, 1.165) is 25.4 Å². The van der Waals surface area contributed by atoms with Crippen molar-refractivity contribution in [2.45, 2.75) is 18.9 Å². The van der Waals surface area contributed by atoms with E-state index in [0.29, 0.717) is 18.2 Å². The first-order valence-corrected chi connectivity index (χ1v) is 7.35. The summed E-state index contributed by atoms with van der Waals surface area (Å²) in [6.07, 6.45) is 2.39. The summed E-state index contributed by atoms with van der Waals surface area (Å²) < 4.78 is 5.72. The van der Waals surface area contributed by atoms with E-state index in [1.54, 1.807) is 24.3 Å². The summed E-state index contributed by atoms with van der Waals surface area (Å²) in [6.45, 7) is 3.74. The normalized spacial score (nSPS) is 16.0. The molecule has 1 saturated heterocycles. The van der Waals surface area contributed by atoms with E-state index in [2.05, 4.69) is 22.7 Å². The van der Waals surface area contributed by atoms with Crippen LogP contribution in [0.1, 0.15) is 23.2 Å². The van der Waals surface area contributed by atoms with E-state index >= 15 is 0 Å². The summed E-state index contributed by atoms with van der Waals surface area (Å²) in [5.41, 5.74) is 2.63. The molecule has 6 heteroatoms. The first-order chi connectivity index (χ1) is 10.2. The van der Waals surface area contributed by atoms with Crippen molar-refractivity contribution in [2.24, 2.45) is 5.84 Å². The van der Waals surface area contributed by atoms with Gasteiger partial charge in [-0.2, -0.15) is 0 Å². The minimum absolute atomic E-state index is 0.299. The Kier molecular flexibility index (Phi) is 5.98. The number of likely N-dealkylation sites (N-methyl/N-ethyl adjacent to an activating group) is 1. The third-order valence-electron chi connectivity index (χ3n) is 3.89. The zero-order valence-electron chi connectivity index (χ0n) is 12.5. The molecular weight excluding hydrogens is 268 g/mol. The molecule has 0 spiro atoms. The quantitative estimate of drug-likeness (QED) is 0.401. The Labute approximate surface area is 125 Å². The molecular formula is C15H24N4O2. The van der Waals surface area contributed by atoms with E-state index in [-0.39, 0.29) is 5.91 Å². The van der Waals surface area contributed by atoms with Gasteiger partial charge in [0.2, 0.25) is 0 Å². The lowest BCUT2D eigenvalue weighted by atomic mass is 10.1. The Morgan fingerprint density at radius 1 is 1.38 bits per heavy atom. The van der Waals surface area contributed by atoms with Crippen LogP contribution in [-0.2, 0) is 0 Å². The molecule has 2 rings (SSSR count). The van der Waals surface area contributed by atoms with Gasteiger partial charge >= 0.3 is 0 Å². The third kappa shape index (κ3) is 4.70. The Morgan fingerprint density at radius 3 is 2.67 bits per heavy atom. The van der Waals surface area contributed by atoms with Crippen LogP contribution in [0.2, 0.25) is 0 Å². The van der Waals surface area contributed by atoms with Crippen molar-refractivity contribution in [3.63, 3.8) is 0 Å². The van der Waals surface area contributed by atoms with Gasteiger partial charge < -0.3 is 10.1 Å². The van der Waals surface area contributed by atoms with Crippen LogP contribution in [0.15, 0.2) is 24.3 Å². The largest absolute Gasteiger partial charge is 0.492 e. The molecule has 4 N–H and O–H groups in total. The fourth-order valence-corrected chi connectivity index (χ4v) is 2.52. The minimum atomic E-state index is -0.299. The van der Waals surface area contributed by atoms with Crippen LogP contribution in [0.4, 0.5) is 0 Å². The molecule has 6 nitrogen and oxygen atoms in total.